The molecular formula is C20H21ClN2O3. The molecule has 0 saturated carbocycles. The number of hydrogen-bond acceptors (Lipinski definition) is 3. The van der Waals surface area contributed by atoms with Crippen molar-refractivity contribution in [3.05, 3.63) is 58.6 Å². The molecule has 1 atom stereocenters. The number of nitrogens with zero attached hydrogens (tertiary/aromatic N) is 1. The lowest BCUT2D eigenvalue weighted by Crippen LogP contribution is -2.34. The van der Waals surface area contributed by atoms with Gasteiger partial charge in [0.05, 0.1) is 11.3 Å². The quantitative estimate of drug-likeness (QED) is 0.827. The minimum absolute atomic E-state index is 0.0797. The highest BCUT2D eigenvalue weighted by atomic mass is 35.5. The molecule has 1 aliphatic rings. The van der Waals surface area contributed by atoms with Crippen LogP contribution in [0.25, 0.3) is 0 Å². The highest BCUT2D eigenvalue weighted by molar-refractivity contribution is 6.31. The molecule has 1 fully saturated rings. The molecule has 5 nitrogen and oxygen atoms in total. The Bertz CT molecular complexity index is 838. The normalized spacial score (nSPS) is 17.0. The van der Waals surface area contributed by atoms with Gasteiger partial charge in [0.15, 0.2) is 0 Å². The standard InChI is InChI=1S/C20H21ClN2O3/c1-13-4-3-9-23(12-13)16-7-8-18(17(11-16)20(25)26)22-19(24)14-5-2-6-15(21)10-14/h2,5-8,10-11,13H,3-4,9,12H2,1H3,(H,22,24)(H,25,26)/t13-/m1/s1. The lowest BCUT2D eigenvalue weighted by molar-refractivity contribution is 0.0698. The van der Waals surface area contributed by atoms with Crippen LogP contribution in [0.5, 0.6) is 0 Å². The van der Waals surface area contributed by atoms with Crippen LogP contribution in [0.1, 0.15) is 40.5 Å². The molecule has 26 heavy (non-hydrogen) atoms. The van der Waals surface area contributed by atoms with Crippen molar-refractivity contribution in [3.63, 3.8) is 0 Å². The molecule has 2 aromatic carbocycles. The first-order valence-electron chi connectivity index (χ1n) is 8.63. The lowest BCUT2D eigenvalue weighted by atomic mass is 9.99. The van der Waals surface area contributed by atoms with Crippen molar-refractivity contribution in [1.29, 1.82) is 0 Å². The molecule has 1 amide bonds. The first-order chi connectivity index (χ1) is 12.4. The number of carbonyl (C=O) groups excluding carboxylic acids is 1. The maximum absolute atomic E-state index is 12.4. The van der Waals surface area contributed by atoms with Crippen LogP contribution in [-0.2, 0) is 0 Å². The van der Waals surface area contributed by atoms with Crippen LogP contribution in [0.4, 0.5) is 11.4 Å². The average molecular weight is 373 g/mol. The van der Waals surface area contributed by atoms with Crippen molar-refractivity contribution in [2.45, 2.75) is 19.8 Å². The molecule has 0 aromatic heterocycles. The molecule has 0 radical (unpaired) electrons. The molecule has 3 rings (SSSR count). The predicted molar refractivity (Wildman–Crippen MR) is 103 cm³/mol. The summed E-state index contributed by atoms with van der Waals surface area (Å²) in [7, 11) is 0. The third-order valence-corrected chi connectivity index (χ3v) is 4.83. The van der Waals surface area contributed by atoms with Gasteiger partial charge in [-0.3, -0.25) is 4.79 Å². The van der Waals surface area contributed by atoms with Crippen molar-refractivity contribution >= 4 is 34.9 Å². The molecular weight excluding hydrogens is 352 g/mol. The average Bonchev–Trinajstić information content (AvgIpc) is 2.61. The minimum Gasteiger partial charge on any atom is -0.478 e. The molecule has 0 unspecified atom stereocenters. The van der Waals surface area contributed by atoms with Gasteiger partial charge in [0.2, 0.25) is 0 Å². The number of rotatable bonds is 4. The van der Waals surface area contributed by atoms with Crippen LogP contribution in [0.15, 0.2) is 42.5 Å². The monoisotopic (exact) mass is 372 g/mol. The molecule has 0 aliphatic carbocycles. The second-order valence-electron chi connectivity index (χ2n) is 6.69. The van der Waals surface area contributed by atoms with Gasteiger partial charge in [0.25, 0.3) is 5.91 Å². The van der Waals surface area contributed by atoms with Gasteiger partial charge in [0, 0.05) is 29.4 Å². The number of nitrogens with one attached hydrogen (secondary N) is 1. The first-order valence-corrected chi connectivity index (χ1v) is 9.01. The predicted octanol–water partition coefficient (Wildman–Crippen LogP) is 4.53. The van der Waals surface area contributed by atoms with E-state index in [1.807, 2.05) is 6.07 Å². The van der Waals surface area contributed by atoms with Gasteiger partial charge in [-0.15, -0.1) is 0 Å². The SMILES string of the molecule is C[C@@H]1CCCN(c2ccc(NC(=O)c3cccc(Cl)c3)c(C(=O)O)c2)C1. The number of carboxylic acid groups (broad SMARTS) is 1. The Balaban J connectivity index is 1.85. The molecule has 2 N–H and O–H groups in total. The van der Waals surface area contributed by atoms with Gasteiger partial charge >= 0.3 is 5.97 Å². The number of hydrogen-bond donors (Lipinski definition) is 2. The summed E-state index contributed by atoms with van der Waals surface area (Å²) in [5, 5.41) is 12.7. The Kier molecular flexibility index (Phi) is 5.47. The highest BCUT2D eigenvalue weighted by Crippen LogP contribution is 2.28. The number of halogens is 1. The number of amides is 1. The minimum atomic E-state index is -1.07. The first kappa shape index (κ1) is 18.3. The third-order valence-electron chi connectivity index (χ3n) is 4.59. The van der Waals surface area contributed by atoms with E-state index in [0.29, 0.717) is 16.5 Å². The Morgan fingerprint density at radius 2 is 2.04 bits per heavy atom. The fourth-order valence-electron chi connectivity index (χ4n) is 3.26. The molecule has 0 bridgehead atoms. The van der Waals surface area contributed by atoms with E-state index in [1.165, 1.54) is 6.42 Å². The second-order valence-corrected chi connectivity index (χ2v) is 7.13. The van der Waals surface area contributed by atoms with Gasteiger partial charge < -0.3 is 15.3 Å². The summed E-state index contributed by atoms with van der Waals surface area (Å²) in [5.74, 6) is -0.883. The lowest BCUT2D eigenvalue weighted by Gasteiger charge is -2.33. The number of piperidine rings is 1. The van der Waals surface area contributed by atoms with Crippen LogP contribution < -0.4 is 10.2 Å². The van der Waals surface area contributed by atoms with Gasteiger partial charge in [-0.25, -0.2) is 4.79 Å². The van der Waals surface area contributed by atoms with E-state index in [1.54, 1.807) is 36.4 Å². The summed E-state index contributed by atoms with van der Waals surface area (Å²) < 4.78 is 0. The molecule has 136 valence electrons. The molecule has 2 aromatic rings. The fourth-order valence-corrected chi connectivity index (χ4v) is 3.45. The van der Waals surface area contributed by atoms with Crippen molar-refractivity contribution < 1.29 is 14.7 Å². The molecule has 1 saturated heterocycles. The fraction of sp³-hybridized carbons (Fsp3) is 0.300. The summed E-state index contributed by atoms with van der Waals surface area (Å²) >= 11 is 5.91. The van der Waals surface area contributed by atoms with Gasteiger partial charge in [-0.1, -0.05) is 24.6 Å². The van der Waals surface area contributed by atoms with Gasteiger partial charge in [-0.05, 0) is 55.2 Å². The van der Waals surface area contributed by atoms with E-state index in [-0.39, 0.29) is 11.3 Å². The molecule has 1 heterocycles. The number of carbonyl (C=O) groups is 2. The Labute approximate surface area is 157 Å². The largest absolute Gasteiger partial charge is 0.478 e. The summed E-state index contributed by atoms with van der Waals surface area (Å²) in [4.78, 5) is 26.3. The number of benzene rings is 2. The molecule has 6 heteroatoms. The summed E-state index contributed by atoms with van der Waals surface area (Å²) in [6.45, 7) is 4.02. The Morgan fingerprint density at radius 1 is 1.23 bits per heavy atom. The Hall–Kier alpha value is -2.53. The van der Waals surface area contributed by atoms with Crippen molar-refractivity contribution in [1.82, 2.24) is 0 Å². The Morgan fingerprint density at radius 3 is 2.73 bits per heavy atom. The highest BCUT2D eigenvalue weighted by Gasteiger charge is 2.20. The zero-order valence-electron chi connectivity index (χ0n) is 14.5. The van der Waals surface area contributed by atoms with E-state index < -0.39 is 11.9 Å². The van der Waals surface area contributed by atoms with Gasteiger partial charge in [-0.2, -0.15) is 0 Å². The van der Waals surface area contributed by atoms with Crippen LogP contribution >= 0.6 is 11.6 Å². The number of anilines is 2. The van der Waals surface area contributed by atoms with Crippen molar-refractivity contribution in [2.24, 2.45) is 5.92 Å². The second kappa shape index (κ2) is 7.79. The third kappa shape index (κ3) is 4.17. The van der Waals surface area contributed by atoms with E-state index in [2.05, 4.69) is 17.1 Å². The van der Waals surface area contributed by atoms with Crippen LogP contribution in [0.2, 0.25) is 5.02 Å². The van der Waals surface area contributed by atoms with E-state index >= 15 is 0 Å². The summed E-state index contributed by atoms with van der Waals surface area (Å²) in [6.07, 6.45) is 2.28. The van der Waals surface area contributed by atoms with Crippen molar-refractivity contribution in [2.75, 3.05) is 23.3 Å². The number of carboxylic acids is 1. The summed E-state index contributed by atoms with van der Waals surface area (Å²) in [5.41, 5.74) is 1.60. The van der Waals surface area contributed by atoms with E-state index in [9.17, 15) is 14.7 Å². The maximum atomic E-state index is 12.4. The van der Waals surface area contributed by atoms with E-state index in [4.69, 9.17) is 11.6 Å². The smallest absolute Gasteiger partial charge is 0.337 e. The molecule has 0 spiro atoms. The maximum Gasteiger partial charge on any atom is 0.337 e. The van der Waals surface area contributed by atoms with Crippen LogP contribution in [-0.4, -0.2) is 30.1 Å². The topological polar surface area (TPSA) is 69.6 Å². The zero-order chi connectivity index (χ0) is 18.7. The number of aromatic carboxylic acids is 1. The summed E-state index contributed by atoms with van der Waals surface area (Å²) in [6, 6.07) is 11.7. The van der Waals surface area contributed by atoms with E-state index in [0.717, 1.165) is 25.2 Å². The van der Waals surface area contributed by atoms with Crippen LogP contribution in [0.3, 0.4) is 0 Å². The zero-order valence-corrected chi connectivity index (χ0v) is 15.3. The van der Waals surface area contributed by atoms with Crippen LogP contribution in [0, 0.1) is 5.92 Å². The molecule has 1 aliphatic heterocycles. The van der Waals surface area contributed by atoms with Crippen molar-refractivity contribution in [3.8, 4) is 0 Å². The van der Waals surface area contributed by atoms with Gasteiger partial charge in [0.1, 0.15) is 0 Å².